The number of amides is 3. The Hall–Kier alpha value is -2.95. The van der Waals surface area contributed by atoms with Gasteiger partial charge in [-0.1, -0.05) is 13.0 Å². The molecule has 0 unspecified atom stereocenters. The number of ether oxygens (including phenoxy) is 1. The minimum atomic E-state index is -3.54. The van der Waals surface area contributed by atoms with Crippen LogP contribution in [0.1, 0.15) is 36.8 Å². The Kier molecular flexibility index (Phi) is 6.18. The number of halogens is 1. The summed E-state index contributed by atoms with van der Waals surface area (Å²) in [6, 6.07) is 3.98. The first-order valence-corrected chi connectivity index (χ1v) is 12.2. The van der Waals surface area contributed by atoms with E-state index in [1.165, 1.54) is 21.8 Å². The molecule has 4 rings (SSSR count). The molecule has 1 aliphatic carbocycles. The van der Waals surface area contributed by atoms with E-state index >= 15 is 0 Å². The number of hydrogen-bond acceptors (Lipinski definition) is 6. The van der Waals surface area contributed by atoms with Gasteiger partial charge in [0.05, 0.1) is 25.1 Å². The minimum absolute atomic E-state index is 0.0378. The second-order valence-electron chi connectivity index (χ2n) is 8.48. The molecule has 3 amide bonds. The van der Waals surface area contributed by atoms with Crippen LogP contribution in [0.4, 0.5) is 9.18 Å². The Balaban J connectivity index is 1.36. The number of nitrogens with zero attached hydrogens (tertiary/aromatic N) is 3. The molecule has 1 saturated carbocycles. The molecule has 172 valence electrons. The number of nitrogens with one attached hydrogen (secondary N) is 1. The summed E-state index contributed by atoms with van der Waals surface area (Å²) < 4.78 is 46.3. The van der Waals surface area contributed by atoms with Crippen molar-refractivity contribution in [2.24, 2.45) is 5.92 Å². The van der Waals surface area contributed by atoms with E-state index in [1.54, 1.807) is 25.3 Å². The summed E-state index contributed by atoms with van der Waals surface area (Å²) in [7, 11) is -3.54. The third kappa shape index (κ3) is 5.64. The fraction of sp³-hybridized carbons (Fsp3) is 0.476. The number of sulfone groups is 1. The molecule has 1 atom stereocenters. The summed E-state index contributed by atoms with van der Waals surface area (Å²) in [6.07, 6.45) is 5.20. The highest BCUT2D eigenvalue weighted by molar-refractivity contribution is 7.90. The molecule has 1 aliphatic heterocycles. The molecule has 32 heavy (non-hydrogen) atoms. The monoisotopic (exact) mass is 464 g/mol. The molecular formula is C21H25FN4O5S. The topological polar surface area (TPSA) is 111 Å². The molecule has 2 aliphatic rings. The van der Waals surface area contributed by atoms with E-state index in [0.29, 0.717) is 23.7 Å². The Labute approximate surface area is 185 Å². The average molecular weight is 465 g/mol. The first-order valence-electron chi connectivity index (χ1n) is 10.4. The molecule has 1 N–H and O–H groups in total. The number of imide groups is 1. The standard InChI is InChI=1S/C21H25FN4O5S/c1-14(17-4-5-18(22)19(6-17)31-11-15-2-3-15)12-32(29,30)13-26-9-16(7-23-26)8-25-10-20(27)24-21(25)28/h4-7,9,14-15H,2-3,8,10-13H2,1H3,(H,24,27,28)/t14-/m0/s1. The normalized spacial score (nSPS) is 17.5. The molecule has 0 bridgehead atoms. The van der Waals surface area contributed by atoms with Gasteiger partial charge in [0, 0.05) is 11.8 Å². The third-order valence-corrected chi connectivity index (χ3v) is 7.12. The lowest BCUT2D eigenvalue weighted by Crippen LogP contribution is -2.27. The zero-order chi connectivity index (χ0) is 22.9. The van der Waals surface area contributed by atoms with Crippen molar-refractivity contribution in [1.29, 1.82) is 0 Å². The van der Waals surface area contributed by atoms with Gasteiger partial charge in [-0.2, -0.15) is 5.10 Å². The summed E-state index contributed by atoms with van der Waals surface area (Å²) in [6.45, 7) is 2.37. The minimum Gasteiger partial charge on any atom is -0.490 e. The number of hydrogen-bond donors (Lipinski definition) is 1. The van der Waals surface area contributed by atoms with Crippen LogP contribution in [0.15, 0.2) is 30.6 Å². The molecule has 1 aromatic heterocycles. The van der Waals surface area contributed by atoms with Gasteiger partial charge < -0.3 is 9.64 Å². The second kappa shape index (κ2) is 8.89. The van der Waals surface area contributed by atoms with Gasteiger partial charge in [-0.3, -0.25) is 14.8 Å². The van der Waals surface area contributed by atoms with Crippen LogP contribution in [-0.2, 0) is 27.1 Å². The van der Waals surface area contributed by atoms with Crippen molar-refractivity contribution in [2.45, 2.75) is 38.1 Å². The fourth-order valence-corrected chi connectivity index (χ4v) is 5.15. The summed E-state index contributed by atoms with van der Waals surface area (Å²) in [5.74, 6) is -1.02. The van der Waals surface area contributed by atoms with E-state index < -0.39 is 21.7 Å². The van der Waals surface area contributed by atoms with Crippen LogP contribution >= 0.6 is 0 Å². The lowest BCUT2D eigenvalue weighted by molar-refractivity contribution is -0.118. The van der Waals surface area contributed by atoms with E-state index in [2.05, 4.69) is 10.4 Å². The Bertz CT molecular complexity index is 1130. The number of urea groups is 1. The predicted molar refractivity (Wildman–Crippen MR) is 113 cm³/mol. The van der Waals surface area contributed by atoms with E-state index in [1.807, 2.05) is 0 Å². The highest BCUT2D eigenvalue weighted by Gasteiger charge is 2.27. The van der Waals surface area contributed by atoms with Gasteiger partial charge in [-0.15, -0.1) is 0 Å². The Morgan fingerprint density at radius 1 is 1.31 bits per heavy atom. The van der Waals surface area contributed by atoms with Crippen LogP contribution in [0.3, 0.4) is 0 Å². The SMILES string of the molecule is C[C@@H](CS(=O)(=O)Cn1cc(CN2CC(=O)NC2=O)cn1)c1ccc(F)c(OCC2CC2)c1. The molecule has 2 fully saturated rings. The Morgan fingerprint density at radius 2 is 2.09 bits per heavy atom. The summed E-state index contributed by atoms with van der Waals surface area (Å²) >= 11 is 0. The Morgan fingerprint density at radius 3 is 2.78 bits per heavy atom. The van der Waals surface area contributed by atoms with Crippen LogP contribution in [-0.4, -0.2) is 53.9 Å². The van der Waals surface area contributed by atoms with Crippen LogP contribution in [0.25, 0.3) is 0 Å². The van der Waals surface area contributed by atoms with E-state index in [-0.39, 0.29) is 42.3 Å². The van der Waals surface area contributed by atoms with Crippen molar-refractivity contribution in [1.82, 2.24) is 20.0 Å². The number of benzene rings is 1. The molecule has 0 radical (unpaired) electrons. The van der Waals surface area contributed by atoms with Crippen molar-refractivity contribution in [2.75, 3.05) is 18.9 Å². The molecule has 1 aromatic carbocycles. The maximum atomic E-state index is 14.0. The summed E-state index contributed by atoms with van der Waals surface area (Å²) in [4.78, 5) is 24.2. The van der Waals surface area contributed by atoms with Gasteiger partial charge in [0.15, 0.2) is 21.4 Å². The number of carbonyl (C=O) groups excluding carboxylic acids is 2. The molecule has 0 spiro atoms. The van der Waals surface area contributed by atoms with Crippen molar-refractivity contribution in [3.63, 3.8) is 0 Å². The lowest BCUT2D eigenvalue weighted by Gasteiger charge is -2.15. The van der Waals surface area contributed by atoms with Crippen molar-refractivity contribution < 1.29 is 27.1 Å². The molecule has 2 aromatic rings. The van der Waals surface area contributed by atoms with Gasteiger partial charge in [-0.05, 0) is 42.4 Å². The fourth-order valence-electron chi connectivity index (χ4n) is 3.55. The number of carbonyl (C=O) groups is 2. The first-order chi connectivity index (χ1) is 15.2. The summed E-state index contributed by atoms with van der Waals surface area (Å²) in [5, 5.41) is 6.25. The summed E-state index contributed by atoms with van der Waals surface area (Å²) in [5.41, 5.74) is 1.31. The largest absolute Gasteiger partial charge is 0.490 e. The average Bonchev–Trinajstić information content (AvgIpc) is 3.36. The van der Waals surface area contributed by atoms with Gasteiger partial charge >= 0.3 is 6.03 Å². The van der Waals surface area contributed by atoms with Crippen LogP contribution < -0.4 is 10.1 Å². The zero-order valence-corrected chi connectivity index (χ0v) is 18.5. The van der Waals surface area contributed by atoms with Crippen molar-refractivity contribution >= 4 is 21.8 Å². The number of rotatable bonds is 10. The van der Waals surface area contributed by atoms with Crippen LogP contribution in [0.5, 0.6) is 5.75 Å². The molecule has 2 heterocycles. The molecule has 1 saturated heterocycles. The first kappa shape index (κ1) is 22.3. The van der Waals surface area contributed by atoms with Gasteiger partial charge in [0.25, 0.3) is 0 Å². The highest BCUT2D eigenvalue weighted by atomic mass is 32.2. The lowest BCUT2D eigenvalue weighted by atomic mass is 10.0. The molecule has 11 heteroatoms. The highest BCUT2D eigenvalue weighted by Crippen LogP contribution is 2.31. The predicted octanol–water partition coefficient (Wildman–Crippen LogP) is 2.04. The van der Waals surface area contributed by atoms with E-state index in [4.69, 9.17) is 4.74 Å². The zero-order valence-electron chi connectivity index (χ0n) is 17.7. The maximum absolute atomic E-state index is 14.0. The second-order valence-corrected chi connectivity index (χ2v) is 10.6. The smallest absolute Gasteiger partial charge is 0.324 e. The third-order valence-electron chi connectivity index (χ3n) is 5.46. The van der Waals surface area contributed by atoms with E-state index in [9.17, 15) is 22.4 Å². The quantitative estimate of drug-likeness (QED) is 0.539. The van der Waals surface area contributed by atoms with Gasteiger partial charge in [-0.25, -0.2) is 17.6 Å². The molecule has 9 nitrogen and oxygen atoms in total. The molecular weight excluding hydrogens is 439 g/mol. The number of aromatic nitrogens is 2. The van der Waals surface area contributed by atoms with Crippen LogP contribution in [0.2, 0.25) is 0 Å². The van der Waals surface area contributed by atoms with Crippen LogP contribution in [0, 0.1) is 11.7 Å². The van der Waals surface area contributed by atoms with Gasteiger partial charge in [0.2, 0.25) is 5.91 Å². The van der Waals surface area contributed by atoms with E-state index in [0.717, 1.165) is 12.8 Å². The van der Waals surface area contributed by atoms with Gasteiger partial charge in [0.1, 0.15) is 12.4 Å². The van der Waals surface area contributed by atoms with Crippen molar-refractivity contribution in [3.8, 4) is 5.75 Å². The maximum Gasteiger partial charge on any atom is 0.324 e. The van der Waals surface area contributed by atoms with Crippen molar-refractivity contribution in [3.05, 3.63) is 47.5 Å².